The maximum Gasteiger partial charge on any atom is 0.237 e. The zero-order chi connectivity index (χ0) is 24.2. The molecule has 0 aromatic heterocycles. The second-order valence-electron chi connectivity index (χ2n) is 11.2. The third-order valence-electron chi connectivity index (χ3n) is 8.76. The van der Waals surface area contributed by atoms with Crippen molar-refractivity contribution >= 4 is 11.8 Å². The molecule has 0 radical (unpaired) electrons. The number of β-amino-alcohol motifs (C(OH)–C–C–N with tert-alkyl or cyclic N) is 1. The smallest absolute Gasteiger partial charge is 0.237 e. The summed E-state index contributed by atoms with van der Waals surface area (Å²) in [4.78, 5) is 30.4. The van der Waals surface area contributed by atoms with Crippen LogP contribution >= 0.6 is 0 Å². The average Bonchev–Trinajstić information content (AvgIpc) is 3.43. The second kappa shape index (κ2) is 11.6. The molecule has 3 aliphatic heterocycles. The number of nitrogens with zero attached hydrogens (tertiary/aromatic N) is 2. The van der Waals surface area contributed by atoms with Crippen LogP contribution in [0.1, 0.15) is 72.1 Å². The van der Waals surface area contributed by atoms with Crippen molar-refractivity contribution in [2.75, 3.05) is 26.3 Å². The molecule has 2 amide bonds. The van der Waals surface area contributed by atoms with Gasteiger partial charge >= 0.3 is 0 Å². The lowest BCUT2D eigenvalue weighted by atomic mass is 9.76. The third-order valence-corrected chi connectivity index (χ3v) is 8.76. The lowest BCUT2D eigenvalue weighted by Gasteiger charge is -2.37. The van der Waals surface area contributed by atoms with Crippen LogP contribution in [0, 0.1) is 17.8 Å². The Morgan fingerprint density at radius 3 is 2.74 bits per heavy atom. The third kappa shape index (κ3) is 6.10. The fourth-order valence-corrected chi connectivity index (χ4v) is 6.61. The number of hydrogen-bond donors (Lipinski definition) is 5. The van der Waals surface area contributed by atoms with Gasteiger partial charge in [0.25, 0.3) is 0 Å². The summed E-state index contributed by atoms with van der Waals surface area (Å²) in [7, 11) is 0. The van der Waals surface area contributed by atoms with E-state index in [-0.39, 0.29) is 35.9 Å². The predicted octanol–water partition coefficient (Wildman–Crippen LogP) is 0.751. The van der Waals surface area contributed by atoms with E-state index in [1.165, 1.54) is 6.42 Å². The highest BCUT2D eigenvalue weighted by atomic mass is 16.3. The number of rotatable bonds is 7. The van der Waals surface area contributed by atoms with Gasteiger partial charge in [0.15, 0.2) is 0 Å². The van der Waals surface area contributed by atoms with Gasteiger partial charge in [0.1, 0.15) is 0 Å². The molecule has 0 bridgehead atoms. The molecule has 0 aromatic carbocycles. The Morgan fingerprint density at radius 2 is 2.00 bits per heavy atom. The highest BCUT2D eigenvalue weighted by Crippen LogP contribution is 2.33. The maximum absolute atomic E-state index is 13.1. The molecule has 4 rings (SSSR count). The van der Waals surface area contributed by atoms with Gasteiger partial charge in [-0.2, -0.15) is 0 Å². The fourth-order valence-electron chi connectivity index (χ4n) is 6.61. The molecule has 5 N–H and O–H groups in total. The molecular weight excluding hydrogens is 432 g/mol. The van der Waals surface area contributed by atoms with Crippen LogP contribution in [-0.4, -0.2) is 83.4 Å². The number of carbonyl (C=O) groups is 2. The summed E-state index contributed by atoms with van der Waals surface area (Å²) >= 11 is 0. The average molecular weight is 479 g/mol. The number of piperidine rings is 1. The van der Waals surface area contributed by atoms with Gasteiger partial charge in [-0.05, 0) is 70.4 Å². The van der Waals surface area contributed by atoms with Gasteiger partial charge in [-0.25, -0.2) is 10.9 Å². The molecule has 4 fully saturated rings. The van der Waals surface area contributed by atoms with Crippen molar-refractivity contribution < 1.29 is 14.7 Å². The molecule has 8 atom stereocenters. The van der Waals surface area contributed by atoms with Crippen molar-refractivity contribution in [3.63, 3.8) is 0 Å². The molecule has 9 nitrogen and oxygen atoms in total. The number of aliphatic hydroxyl groups is 1. The summed E-state index contributed by atoms with van der Waals surface area (Å²) < 4.78 is 0. The highest BCUT2D eigenvalue weighted by molar-refractivity contribution is 5.85. The number of likely N-dealkylation sites (tertiary alicyclic amines) is 1. The van der Waals surface area contributed by atoms with Gasteiger partial charge in [0, 0.05) is 24.5 Å². The molecule has 3 heterocycles. The minimum atomic E-state index is -0.424. The van der Waals surface area contributed by atoms with Crippen molar-refractivity contribution in [1.82, 2.24) is 31.3 Å². The first-order valence-electron chi connectivity index (χ1n) is 13.6. The predicted molar refractivity (Wildman–Crippen MR) is 131 cm³/mol. The van der Waals surface area contributed by atoms with Crippen LogP contribution in [0.25, 0.3) is 0 Å². The van der Waals surface area contributed by atoms with E-state index >= 15 is 0 Å². The van der Waals surface area contributed by atoms with Crippen LogP contribution in [0.3, 0.4) is 0 Å². The Hall–Kier alpha value is -1.26. The van der Waals surface area contributed by atoms with E-state index in [2.05, 4.69) is 40.2 Å². The zero-order valence-electron chi connectivity index (χ0n) is 21.3. The monoisotopic (exact) mass is 478 g/mol. The summed E-state index contributed by atoms with van der Waals surface area (Å²) in [5.41, 5.74) is 6.66. The first-order valence-corrected chi connectivity index (χ1v) is 13.6. The number of carbonyl (C=O) groups excluding carboxylic acids is 2. The molecule has 194 valence electrons. The van der Waals surface area contributed by atoms with Gasteiger partial charge in [-0.3, -0.25) is 14.5 Å². The maximum atomic E-state index is 13.1. The van der Waals surface area contributed by atoms with Gasteiger partial charge < -0.3 is 20.6 Å². The molecule has 3 saturated heterocycles. The lowest BCUT2D eigenvalue weighted by molar-refractivity contribution is -0.138. The Kier molecular flexibility index (Phi) is 8.85. The van der Waals surface area contributed by atoms with Crippen LogP contribution < -0.4 is 21.5 Å². The Labute approximate surface area is 204 Å². The first kappa shape index (κ1) is 25.8. The molecule has 0 spiro atoms. The largest absolute Gasteiger partial charge is 0.391 e. The van der Waals surface area contributed by atoms with Crippen molar-refractivity contribution in [3.8, 4) is 0 Å². The minimum Gasteiger partial charge on any atom is -0.391 e. The highest BCUT2D eigenvalue weighted by Gasteiger charge is 2.39. The van der Waals surface area contributed by atoms with Crippen LogP contribution in [-0.2, 0) is 9.59 Å². The SMILES string of the molecule is CCN1CNNC1C[C@@H](C)C1CCCC(NC(=O)C2CC(C(=O)N3C[C@@H](O)C[C@H]3C)CCN2)C1. The number of nitrogens with one attached hydrogen (secondary N) is 4. The van der Waals surface area contributed by atoms with E-state index in [0.717, 1.165) is 45.3 Å². The Morgan fingerprint density at radius 1 is 1.18 bits per heavy atom. The van der Waals surface area contributed by atoms with Gasteiger partial charge in [0.2, 0.25) is 11.8 Å². The molecule has 9 heteroatoms. The van der Waals surface area contributed by atoms with E-state index in [4.69, 9.17) is 0 Å². The number of amides is 2. The van der Waals surface area contributed by atoms with Gasteiger partial charge in [0.05, 0.1) is 25.0 Å². The molecule has 5 unspecified atom stereocenters. The molecule has 34 heavy (non-hydrogen) atoms. The van der Waals surface area contributed by atoms with Crippen LogP contribution in [0.15, 0.2) is 0 Å². The van der Waals surface area contributed by atoms with Crippen LogP contribution in [0.5, 0.6) is 0 Å². The Balaban J connectivity index is 1.26. The molecule has 0 aromatic rings. The van der Waals surface area contributed by atoms with E-state index in [9.17, 15) is 14.7 Å². The quantitative estimate of drug-likeness (QED) is 0.367. The standard InChI is InChI=1S/C25H46N6O3/c1-4-30-15-27-29-23(30)10-16(2)18-6-5-7-20(12-18)28-24(33)22-13-19(8-9-26-22)25(34)31-14-21(32)11-17(31)3/h16-23,26-27,29,32H,4-15H2,1-3H3,(H,28,33)/t16-,17-,18?,19?,20?,21+,22?,23?/m1/s1. The van der Waals surface area contributed by atoms with Crippen molar-refractivity contribution in [3.05, 3.63) is 0 Å². The topological polar surface area (TPSA) is 109 Å². The van der Waals surface area contributed by atoms with E-state index in [0.29, 0.717) is 43.9 Å². The molecular formula is C25H46N6O3. The zero-order valence-corrected chi connectivity index (χ0v) is 21.3. The summed E-state index contributed by atoms with van der Waals surface area (Å²) in [5, 5.41) is 16.6. The normalized spacial score (nSPS) is 38.1. The van der Waals surface area contributed by atoms with Crippen molar-refractivity contribution in [2.24, 2.45) is 17.8 Å². The van der Waals surface area contributed by atoms with Crippen molar-refractivity contribution in [1.29, 1.82) is 0 Å². The summed E-state index contributed by atoms with van der Waals surface area (Å²) in [6.07, 6.45) is 7.49. The van der Waals surface area contributed by atoms with E-state index < -0.39 is 6.10 Å². The fraction of sp³-hybridized carbons (Fsp3) is 0.920. The lowest BCUT2D eigenvalue weighted by Crippen LogP contribution is -2.54. The molecule has 4 aliphatic rings. The minimum absolute atomic E-state index is 0.0455. The van der Waals surface area contributed by atoms with Crippen LogP contribution in [0.4, 0.5) is 0 Å². The summed E-state index contributed by atoms with van der Waals surface area (Å²) in [6, 6.07) is -0.0158. The number of aliphatic hydroxyl groups excluding tert-OH is 1. The number of hydrazine groups is 1. The summed E-state index contributed by atoms with van der Waals surface area (Å²) in [6.45, 7) is 9.59. The van der Waals surface area contributed by atoms with Crippen molar-refractivity contribution in [2.45, 2.75) is 103 Å². The summed E-state index contributed by atoms with van der Waals surface area (Å²) in [5.74, 6) is 1.23. The van der Waals surface area contributed by atoms with Crippen LogP contribution in [0.2, 0.25) is 0 Å². The van der Waals surface area contributed by atoms with E-state index in [1.54, 1.807) is 0 Å². The van der Waals surface area contributed by atoms with Gasteiger partial charge in [-0.15, -0.1) is 0 Å². The van der Waals surface area contributed by atoms with Gasteiger partial charge in [-0.1, -0.05) is 26.7 Å². The Bertz CT molecular complexity index is 708. The molecule has 1 saturated carbocycles. The first-order chi connectivity index (χ1) is 16.4. The van der Waals surface area contributed by atoms with E-state index in [1.807, 2.05) is 11.8 Å². The second-order valence-corrected chi connectivity index (χ2v) is 11.2. The number of hydrogen-bond acceptors (Lipinski definition) is 7. The molecule has 1 aliphatic carbocycles.